The largest absolute Gasteiger partial charge is 0.507 e. The van der Waals surface area contributed by atoms with Crippen molar-refractivity contribution in [1.82, 2.24) is 0 Å². The lowest BCUT2D eigenvalue weighted by atomic mass is 9.89. The Labute approximate surface area is 140 Å². The Balaban J connectivity index is 2.27. The fraction of sp³-hybridized carbons (Fsp3) is 0.0909. The molecule has 0 saturated heterocycles. The van der Waals surface area contributed by atoms with Crippen LogP contribution in [0.2, 0.25) is 0 Å². The highest BCUT2D eigenvalue weighted by Gasteiger charge is 2.18. The van der Waals surface area contributed by atoms with Gasteiger partial charge in [0.05, 0.1) is 0 Å². The van der Waals surface area contributed by atoms with Crippen LogP contribution in [0.15, 0.2) is 60.7 Å². The molecule has 4 rings (SSSR count). The van der Waals surface area contributed by atoms with E-state index in [1.807, 2.05) is 62.4 Å². The first kappa shape index (κ1) is 14.6. The summed E-state index contributed by atoms with van der Waals surface area (Å²) in [6.07, 6.45) is 0. The van der Waals surface area contributed by atoms with Gasteiger partial charge >= 0.3 is 0 Å². The van der Waals surface area contributed by atoms with Crippen molar-refractivity contribution in [1.29, 1.82) is 0 Å². The molecule has 0 unspecified atom stereocenters. The van der Waals surface area contributed by atoms with Crippen LogP contribution in [0.3, 0.4) is 0 Å². The van der Waals surface area contributed by atoms with Gasteiger partial charge in [-0.05, 0) is 58.7 Å². The SMILES string of the molecule is Cc1cccc2ccc(O)c(-c3c(O)ccc4cccc(C)c34)c12. The van der Waals surface area contributed by atoms with Gasteiger partial charge in [0.1, 0.15) is 11.5 Å². The molecule has 4 aromatic carbocycles. The first-order chi connectivity index (χ1) is 11.6. The average molecular weight is 314 g/mol. The molecule has 0 aliphatic heterocycles. The lowest BCUT2D eigenvalue weighted by Gasteiger charge is -2.16. The Hall–Kier alpha value is -3.00. The first-order valence-electron chi connectivity index (χ1n) is 8.01. The van der Waals surface area contributed by atoms with Crippen LogP contribution in [0, 0.1) is 13.8 Å². The molecule has 2 N–H and O–H groups in total. The van der Waals surface area contributed by atoms with Crippen molar-refractivity contribution in [2.75, 3.05) is 0 Å². The zero-order chi connectivity index (χ0) is 16.8. The maximum Gasteiger partial charge on any atom is 0.124 e. The molecule has 0 heterocycles. The van der Waals surface area contributed by atoms with Gasteiger partial charge in [0.15, 0.2) is 0 Å². The standard InChI is InChI=1S/C22H18O2/c1-13-5-3-7-15-9-11-17(23)21(19(13)15)22-18(24)12-10-16-8-4-6-14(2)20(16)22/h3-12,23-24H,1-2H3. The van der Waals surface area contributed by atoms with Crippen molar-refractivity contribution in [2.45, 2.75) is 13.8 Å². The topological polar surface area (TPSA) is 40.5 Å². The predicted molar refractivity (Wildman–Crippen MR) is 99.7 cm³/mol. The molecule has 0 saturated carbocycles. The summed E-state index contributed by atoms with van der Waals surface area (Å²) >= 11 is 0. The molecule has 2 nitrogen and oxygen atoms in total. The summed E-state index contributed by atoms with van der Waals surface area (Å²) in [5.41, 5.74) is 3.54. The van der Waals surface area contributed by atoms with E-state index in [2.05, 4.69) is 0 Å². The quantitative estimate of drug-likeness (QED) is 0.474. The van der Waals surface area contributed by atoms with E-state index in [1.165, 1.54) is 0 Å². The van der Waals surface area contributed by atoms with E-state index < -0.39 is 0 Å². The van der Waals surface area contributed by atoms with Crippen molar-refractivity contribution in [3.05, 3.63) is 71.8 Å². The Bertz CT molecular complexity index is 1000. The van der Waals surface area contributed by atoms with E-state index in [-0.39, 0.29) is 11.5 Å². The van der Waals surface area contributed by atoms with Crippen LogP contribution in [0.1, 0.15) is 11.1 Å². The zero-order valence-corrected chi connectivity index (χ0v) is 13.7. The summed E-state index contributed by atoms with van der Waals surface area (Å²) < 4.78 is 0. The van der Waals surface area contributed by atoms with E-state index in [4.69, 9.17) is 0 Å². The number of benzene rings is 4. The van der Waals surface area contributed by atoms with Crippen LogP contribution < -0.4 is 0 Å². The highest BCUT2D eigenvalue weighted by atomic mass is 16.3. The van der Waals surface area contributed by atoms with Crippen molar-refractivity contribution < 1.29 is 10.2 Å². The van der Waals surface area contributed by atoms with Gasteiger partial charge < -0.3 is 10.2 Å². The van der Waals surface area contributed by atoms with Gasteiger partial charge in [-0.1, -0.05) is 48.5 Å². The fourth-order valence-corrected chi connectivity index (χ4v) is 3.61. The van der Waals surface area contributed by atoms with Gasteiger partial charge in [-0.3, -0.25) is 0 Å². The normalized spacial score (nSPS) is 11.2. The second kappa shape index (κ2) is 5.27. The third kappa shape index (κ3) is 2.04. The van der Waals surface area contributed by atoms with Gasteiger partial charge in [-0.15, -0.1) is 0 Å². The lowest BCUT2D eigenvalue weighted by Crippen LogP contribution is -1.90. The summed E-state index contributed by atoms with van der Waals surface area (Å²) in [5.74, 6) is 0.366. The van der Waals surface area contributed by atoms with Crippen LogP contribution in [-0.4, -0.2) is 10.2 Å². The maximum atomic E-state index is 10.7. The molecule has 0 radical (unpaired) electrons. The van der Waals surface area contributed by atoms with E-state index in [1.54, 1.807) is 12.1 Å². The Morgan fingerprint density at radius 1 is 0.542 bits per heavy atom. The number of phenolic OH excluding ortho intramolecular Hbond substituents is 2. The minimum Gasteiger partial charge on any atom is -0.507 e. The van der Waals surface area contributed by atoms with Crippen LogP contribution in [0.4, 0.5) is 0 Å². The molecule has 0 aliphatic carbocycles. The number of aromatic hydroxyl groups is 2. The summed E-state index contributed by atoms with van der Waals surface area (Å²) in [5, 5.41) is 25.3. The van der Waals surface area contributed by atoms with Crippen LogP contribution in [0.25, 0.3) is 32.7 Å². The molecular formula is C22H18O2. The predicted octanol–water partition coefficient (Wildman–Crippen LogP) is 5.69. The number of aryl methyl sites for hydroxylation is 2. The summed E-state index contributed by atoms with van der Waals surface area (Å²) in [6, 6.07) is 19.4. The number of hydrogen-bond donors (Lipinski definition) is 2. The van der Waals surface area contributed by atoms with E-state index in [0.29, 0.717) is 11.1 Å². The smallest absolute Gasteiger partial charge is 0.124 e. The molecule has 0 amide bonds. The van der Waals surface area contributed by atoms with Gasteiger partial charge in [0, 0.05) is 11.1 Å². The van der Waals surface area contributed by atoms with Crippen LogP contribution in [0.5, 0.6) is 11.5 Å². The van der Waals surface area contributed by atoms with Crippen molar-refractivity contribution >= 4 is 21.5 Å². The van der Waals surface area contributed by atoms with Gasteiger partial charge in [0.2, 0.25) is 0 Å². The van der Waals surface area contributed by atoms with E-state index in [0.717, 1.165) is 32.7 Å². The molecule has 0 aliphatic rings. The van der Waals surface area contributed by atoms with Crippen molar-refractivity contribution in [3.63, 3.8) is 0 Å². The van der Waals surface area contributed by atoms with E-state index in [9.17, 15) is 10.2 Å². The van der Waals surface area contributed by atoms with Gasteiger partial charge in [-0.2, -0.15) is 0 Å². The number of fused-ring (bicyclic) bond motifs is 2. The minimum absolute atomic E-state index is 0.183. The monoisotopic (exact) mass is 314 g/mol. The highest BCUT2D eigenvalue weighted by Crippen LogP contribution is 2.46. The number of rotatable bonds is 1. The Morgan fingerprint density at radius 3 is 1.38 bits per heavy atom. The first-order valence-corrected chi connectivity index (χ1v) is 8.01. The Morgan fingerprint density at radius 2 is 0.958 bits per heavy atom. The highest BCUT2D eigenvalue weighted by molar-refractivity contribution is 6.11. The summed E-state index contributed by atoms with van der Waals surface area (Å²) in [6.45, 7) is 4.06. The van der Waals surface area contributed by atoms with E-state index >= 15 is 0 Å². The van der Waals surface area contributed by atoms with Crippen molar-refractivity contribution in [3.8, 4) is 22.6 Å². The maximum absolute atomic E-state index is 10.7. The summed E-state index contributed by atoms with van der Waals surface area (Å²) in [4.78, 5) is 0. The molecule has 0 fully saturated rings. The van der Waals surface area contributed by atoms with Gasteiger partial charge in [-0.25, -0.2) is 0 Å². The molecule has 0 aromatic heterocycles. The average Bonchev–Trinajstić information content (AvgIpc) is 2.57. The molecule has 0 spiro atoms. The fourth-order valence-electron chi connectivity index (χ4n) is 3.61. The number of phenols is 2. The Kier molecular flexibility index (Phi) is 3.20. The molecule has 0 bridgehead atoms. The number of hydrogen-bond acceptors (Lipinski definition) is 2. The molecule has 24 heavy (non-hydrogen) atoms. The minimum atomic E-state index is 0.183. The molecule has 2 heteroatoms. The second-order valence-corrected chi connectivity index (χ2v) is 6.27. The molecule has 118 valence electrons. The van der Waals surface area contributed by atoms with Crippen LogP contribution >= 0.6 is 0 Å². The zero-order valence-electron chi connectivity index (χ0n) is 13.7. The third-order valence-corrected chi connectivity index (χ3v) is 4.71. The second-order valence-electron chi connectivity index (χ2n) is 6.27. The molecule has 0 atom stereocenters. The van der Waals surface area contributed by atoms with Crippen molar-refractivity contribution in [2.24, 2.45) is 0 Å². The third-order valence-electron chi connectivity index (χ3n) is 4.71. The summed E-state index contributed by atoms with van der Waals surface area (Å²) in [7, 11) is 0. The molecular weight excluding hydrogens is 296 g/mol. The van der Waals surface area contributed by atoms with Crippen LogP contribution in [-0.2, 0) is 0 Å². The lowest BCUT2D eigenvalue weighted by molar-refractivity contribution is 0.470. The molecule has 4 aromatic rings. The van der Waals surface area contributed by atoms with Gasteiger partial charge in [0.25, 0.3) is 0 Å².